The van der Waals surface area contributed by atoms with Gasteiger partial charge in [0.1, 0.15) is 6.04 Å². The lowest BCUT2D eigenvalue weighted by Crippen LogP contribution is -2.39. The molecule has 0 spiro atoms. The van der Waals surface area contributed by atoms with E-state index in [2.05, 4.69) is 10.5 Å². The first-order valence-electron chi connectivity index (χ1n) is 9.99. The molecule has 0 aromatic heterocycles. The van der Waals surface area contributed by atoms with Gasteiger partial charge in [0.15, 0.2) is 0 Å². The number of carboxylic acids is 2. The molecule has 0 heterocycles. The first-order valence-corrected chi connectivity index (χ1v) is 9.99. The summed E-state index contributed by atoms with van der Waals surface area (Å²) in [4.78, 5) is 21.5. The van der Waals surface area contributed by atoms with Crippen LogP contribution in [0.4, 0.5) is 0 Å². The molecule has 0 saturated carbocycles. The first-order chi connectivity index (χ1) is 13.0. The number of nitrogens with one attached hydrogen (secondary N) is 2. The van der Waals surface area contributed by atoms with Gasteiger partial charge in [-0.3, -0.25) is 14.8 Å². The third kappa shape index (κ3) is 17.4. The monoisotopic (exact) mass is 388 g/mol. The molecule has 0 aromatic rings. The Morgan fingerprint density at radius 3 is 1.81 bits per heavy atom. The molecular formula is C18H36N4O5. The smallest absolute Gasteiger partial charge is 0.320 e. The van der Waals surface area contributed by atoms with Crippen molar-refractivity contribution in [2.24, 2.45) is 5.22 Å². The maximum Gasteiger partial charge on any atom is 0.320 e. The average molecular weight is 389 g/mol. The Morgan fingerprint density at radius 1 is 0.889 bits per heavy atom. The Balaban J connectivity index is 3.41. The summed E-state index contributed by atoms with van der Waals surface area (Å²) < 4.78 is 0. The molecule has 9 nitrogen and oxygen atoms in total. The van der Waals surface area contributed by atoms with Gasteiger partial charge in [-0.25, -0.2) is 0 Å². The zero-order valence-electron chi connectivity index (χ0n) is 16.2. The summed E-state index contributed by atoms with van der Waals surface area (Å²) >= 11 is 0. The first kappa shape index (κ1) is 25.3. The molecule has 158 valence electrons. The highest BCUT2D eigenvalue weighted by Crippen LogP contribution is 2.12. The van der Waals surface area contributed by atoms with Gasteiger partial charge in [0.2, 0.25) is 0 Å². The van der Waals surface area contributed by atoms with Gasteiger partial charge in [0, 0.05) is 6.42 Å². The molecule has 0 radical (unpaired) electrons. The fourth-order valence-corrected chi connectivity index (χ4v) is 2.88. The zero-order valence-corrected chi connectivity index (χ0v) is 16.2. The summed E-state index contributed by atoms with van der Waals surface area (Å²) in [5.74, 6) is -1.67. The molecule has 0 fully saturated rings. The van der Waals surface area contributed by atoms with E-state index in [1.807, 2.05) is 0 Å². The lowest BCUT2D eigenvalue weighted by molar-refractivity contribution is -0.141. The number of hydrogen-bond acceptors (Lipinski definition) is 6. The van der Waals surface area contributed by atoms with Crippen LogP contribution in [0.15, 0.2) is 5.22 Å². The molecule has 27 heavy (non-hydrogen) atoms. The van der Waals surface area contributed by atoms with Crippen LogP contribution in [0.3, 0.4) is 0 Å². The van der Waals surface area contributed by atoms with E-state index in [1.54, 1.807) is 0 Å². The van der Waals surface area contributed by atoms with E-state index in [0.717, 1.165) is 38.5 Å². The Kier molecular flexibility index (Phi) is 16.5. The molecule has 0 rings (SSSR count). The van der Waals surface area contributed by atoms with E-state index in [0.29, 0.717) is 11.7 Å². The molecule has 0 aliphatic heterocycles. The van der Waals surface area contributed by atoms with Crippen LogP contribution in [0.5, 0.6) is 0 Å². The number of carboxylic acid groups (broad SMARTS) is 2. The Labute approximate surface area is 161 Å². The van der Waals surface area contributed by atoms with Gasteiger partial charge in [-0.1, -0.05) is 63.0 Å². The van der Waals surface area contributed by atoms with E-state index in [4.69, 9.17) is 21.0 Å². The summed E-state index contributed by atoms with van der Waals surface area (Å²) in [7, 11) is 0. The van der Waals surface area contributed by atoms with Crippen LogP contribution in [0.2, 0.25) is 0 Å². The molecule has 0 saturated heterocycles. The predicted octanol–water partition coefficient (Wildman–Crippen LogP) is 3.82. The van der Waals surface area contributed by atoms with Gasteiger partial charge in [-0.2, -0.15) is 10.7 Å². The Bertz CT molecular complexity index is 409. The van der Waals surface area contributed by atoms with Crippen molar-refractivity contribution < 1.29 is 25.0 Å². The largest absolute Gasteiger partial charge is 0.481 e. The van der Waals surface area contributed by atoms with Crippen LogP contribution >= 0.6 is 0 Å². The van der Waals surface area contributed by atoms with Gasteiger partial charge in [0.25, 0.3) is 0 Å². The topological polar surface area (TPSA) is 146 Å². The van der Waals surface area contributed by atoms with Crippen LogP contribution in [-0.2, 0) is 9.59 Å². The van der Waals surface area contributed by atoms with E-state index >= 15 is 0 Å². The highest BCUT2D eigenvalue weighted by atomic mass is 16.5. The van der Waals surface area contributed by atoms with Gasteiger partial charge in [-0.05, 0) is 25.8 Å². The third-order valence-electron chi connectivity index (χ3n) is 4.49. The maximum absolute atomic E-state index is 11.1. The van der Waals surface area contributed by atoms with Crippen molar-refractivity contribution in [2.45, 2.75) is 89.5 Å². The van der Waals surface area contributed by atoms with E-state index < -0.39 is 18.0 Å². The van der Waals surface area contributed by atoms with Crippen LogP contribution in [0.25, 0.3) is 0 Å². The molecule has 9 heteroatoms. The van der Waals surface area contributed by atoms with E-state index in [-0.39, 0.29) is 19.4 Å². The number of rotatable bonds is 20. The van der Waals surface area contributed by atoms with Crippen molar-refractivity contribution in [1.29, 1.82) is 5.53 Å². The van der Waals surface area contributed by atoms with Crippen LogP contribution in [-0.4, -0.2) is 51.7 Å². The maximum atomic E-state index is 11.1. The van der Waals surface area contributed by atoms with Crippen molar-refractivity contribution in [2.75, 3.05) is 13.1 Å². The van der Waals surface area contributed by atoms with E-state index in [1.165, 1.54) is 32.1 Å². The second-order valence-electron chi connectivity index (χ2n) is 6.86. The fourth-order valence-electron chi connectivity index (χ4n) is 2.88. The third-order valence-corrected chi connectivity index (χ3v) is 4.49. The van der Waals surface area contributed by atoms with Crippen molar-refractivity contribution in [3.63, 3.8) is 0 Å². The SMILES string of the molecule is N=NN(O)CC[C@H](NCCCCCCCCCCCCCC(=O)O)C(=O)O. The molecule has 0 amide bonds. The minimum absolute atomic E-state index is 0.00697. The van der Waals surface area contributed by atoms with Gasteiger partial charge in [-0.15, -0.1) is 0 Å². The number of hydroxylamine groups is 1. The molecule has 5 N–H and O–H groups in total. The van der Waals surface area contributed by atoms with Crippen LogP contribution in [0, 0.1) is 5.53 Å². The van der Waals surface area contributed by atoms with Crippen molar-refractivity contribution >= 4 is 11.9 Å². The quantitative estimate of drug-likeness (QED) is 0.121. The Morgan fingerprint density at radius 2 is 1.37 bits per heavy atom. The summed E-state index contributed by atoms with van der Waals surface area (Å²) in [5.41, 5.74) is 6.60. The number of unbranched alkanes of at least 4 members (excludes halogenated alkanes) is 10. The summed E-state index contributed by atoms with van der Waals surface area (Å²) in [5, 5.41) is 32.9. The second-order valence-corrected chi connectivity index (χ2v) is 6.86. The van der Waals surface area contributed by atoms with Crippen LogP contribution < -0.4 is 5.32 Å². The predicted molar refractivity (Wildman–Crippen MR) is 101 cm³/mol. The zero-order chi connectivity index (χ0) is 20.3. The number of aliphatic carboxylic acids is 2. The standard InChI is InChI=1S/C18H36N4O5/c19-21-22(27)15-13-16(18(25)26)20-14-11-9-7-5-3-1-2-4-6-8-10-12-17(23)24/h16,19-20,27H,1-15H2,(H,23,24)(H,25,26)/t16-/m0/s1. The molecule has 0 bridgehead atoms. The molecular weight excluding hydrogens is 352 g/mol. The van der Waals surface area contributed by atoms with Crippen molar-refractivity contribution in [1.82, 2.24) is 10.5 Å². The summed E-state index contributed by atoms with van der Waals surface area (Å²) in [6.45, 7) is 0.629. The van der Waals surface area contributed by atoms with Gasteiger partial charge in [0.05, 0.1) is 6.54 Å². The number of hydrogen-bond donors (Lipinski definition) is 5. The lowest BCUT2D eigenvalue weighted by Gasteiger charge is -2.16. The summed E-state index contributed by atoms with van der Waals surface area (Å²) in [6.07, 6.45) is 12.5. The van der Waals surface area contributed by atoms with Crippen LogP contribution in [0.1, 0.15) is 83.5 Å². The highest BCUT2D eigenvalue weighted by molar-refractivity contribution is 5.73. The minimum Gasteiger partial charge on any atom is -0.481 e. The molecule has 0 unspecified atom stereocenters. The molecule has 0 aliphatic rings. The molecule has 0 aromatic carbocycles. The average Bonchev–Trinajstić information content (AvgIpc) is 2.63. The Hall–Kier alpha value is -1.74. The summed E-state index contributed by atoms with van der Waals surface area (Å²) in [6, 6.07) is -0.739. The minimum atomic E-state index is -0.962. The van der Waals surface area contributed by atoms with Crippen molar-refractivity contribution in [3.05, 3.63) is 0 Å². The normalized spacial score (nSPS) is 11.9. The number of nitrogens with zero attached hydrogens (tertiary/aromatic N) is 2. The molecule has 1 atom stereocenters. The highest BCUT2D eigenvalue weighted by Gasteiger charge is 2.17. The number of carbonyl (C=O) groups is 2. The van der Waals surface area contributed by atoms with Gasteiger partial charge >= 0.3 is 11.9 Å². The van der Waals surface area contributed by atoms with Gasteiger partial charge < -0.3 is 15.5 Å². The lowest BCUT2D eigenvalue weighted by atomic mass is 10.1. The second kappa shape index (κ2) is 17.7. The molecule has 0 aliphatic carbocycles. The van der Waals surface area contributed by atoms with E-state index in [9.17, 15) is 9.59 Å². The van der Waals surface area contributed by atoms with Crippen molar-refractivity contribution in [3.8, 4) is 0 Å². The fraction of sp³-hybridized carbons (Fsp3) is 0.889.